The highest BCUT2D eigenvalue weighted by molar-refractivity contribution is 7.99. The zero-order valence-electron chi connectivity index (χ0n) is 19.9. The number of hydrogen-bond donors (Lipinski definition) is 1. The molecule has 2 aromatic rings. The summed E-state index contributed by atoms with van der Waals surface area (Å²) in [5.41, 5.74) is 0.992. The molecule has 1 aromatic heterocycles. The summed E-state index contributed by atoms with van der Waals surface area (Å²) >= 11 is 1.23. The van der Waals surface area contributed by atoms with Crippen LogP contribution >= 0.6 is 11.8 Å². The van der Waals surface area contributed by atoms with Crippen molar-refractivity contribution < 1.29 is 4.79 Å². The largest absolute Gasteiger partial charge is 0.339 e. The molecule has 0 atom stereocenters. The molecule has 0 unspecified atom stereocenters. The predicted molar refractivity (Wildman–Crippen MR) is 135 cm³/mol. The third kappa shape index (κ3) is 4.30. The third-order valence-electron chi connectivity index (χ3n) is 8.70. The van der Waals surface area contributed by atoms with E-state index in [9.17, 15) is 14.9 Å². The van der Waals surface area contributed by atoms with Gasteiger partial charge in [0.05, 0.1) is 11.4 Å². The maximum Gasteiger partial charge on any atom is 0.270 e. The molecule has 1 aromatic carbocycles. The molecule has 35 heavy (non-hydrogen) atoms. The molecule has 1 N–H and O–H groups in total. The normalized spacial score (nSPS) is 29.8. The lowest BCUT2D eigenvalue weighted by atomic mass is 9.52. The highest BCUT2D eigenvalue weighted by atomic mass is 32.2. The monoisotopic (exact) mass is 489 g/mol. The van der Waals surface area contributed by atoms with Crippen molar-refractivity contribution in [3.05, 3.63) is 46.2 Å². The summed E-state index contributed by atoms with van der Waals surface area (Å²) in [5, 5.41) is 9.81. The van der Waals surface area contributed by atoms with Crippen LogP contribution in [0.25, 0.3) is 11.3 Å². The lowest BCUT2D eigenvalue weighted by Gasteiger charge is -2.61. The molecule has 5 aliphatic rings. The number of hydrogen-bond acceptors (Lipinski definition) is 6. The summed E-state index contributed by atoms with van der Waals surface area (Å²) in [6.07, 6.45) is 8.45. The minimum atomic E-state index is -0.472. The molecule has 8 heteroatoms. The first-order valence-corrected chi connectivity index (χ1v) is 13.8. The second-order valence-corrected chi connectivity index (χ2v) is 11.8. The molecular weight excluding hydrogens is 458 g/mol. The quantitative estimate of drug-likeness (QED) is 0.510. The smallest absolute Gasteiger partial charge is 0.270 e. The number of benzene rings is 1. The molecule has 4 aliphatic carbocycles. The molecule has 182 valence electrons. The highest BCUT2D eigenvalue weighted by Gasteiger charge is 2.53. The molecule has 1 aliphatic heterocycles. The predicted octanol–water partition coefficient (Wildman–Crippen LogP) is 3.51. The van der Waals surface area contributed by atoms with E-state index in [0.717, 1.165) is 43.9 Å². The molecule has 2 heterocycles. The van der Waals surface area contributed by atoms with Crippen LogP contribution < -0.4 is 5.56 Å². The molecular formula is C27H31N5O2S. The van der Waals surface area contributed by atoms with Crippen LogP contribution in [0.1, 0.15) is 44.1 Å². The van der Waals surface area contributed by atoms with Crippen LogP contribution in [-0.4, -0.2) is 63.1 Å². The van der Waals surface area contributed by atoms with E-state index in [0.29, 0.717) is 22.0 Å². The van der Waals surface area contributed by atoms with E-state index >= 15 is 0 Å². The lowest BCUT2D eigenvalue weighted by Crippen LogP contribution is -2.64. The van der Waals surface area contributed by atoms with Crippen molar-refractivity contribution in [3.8, 4) is 17.3 Å². The van der Waals surface area contributed by atoms with Gasteiger partial charge in [-0.25, -0.2) is 4.98 Å². The van der Waals surface area contributed by atoms with Gasteiger partial charge in [-0.2, -0.15) is 5.26 Å². The molecule has 0 radical (unpaired) electrons. The fourth-order valence-electron chi connectivity index (χ4n) is 7.53. The van der Waals surface area contributed by atoms with Gasteiger partial charge in [0.1, 0.15) is 11.6 Å². The van der Waals surface area contributed by atoms with Crippen molar-refractivity contribution in [3.63, 3.8) is 0 Å². The SMILES string of the molecule is N#Cc1c(-c2ccccc2)nc(SCC(=O)N2CCN(C34CC5CC(CC(C5)C3)C4)CC2)[nH]c1=O. The summed E-state index contributed by atoms with van der Waals surface area (Å²) < 4.78 is 0. The minimum Gasteiger partial charge on any atom is -0.339 e. The van der Waals surface area contributed by atoms with Crippen molar-refractivity contribution in [2.75, 3.05) is 31.9 Å². The number of aromatic nitrogens is 2. The van der Waals surface area contributed by atoms with E-state index < -0.39 is 5.56 Å². The van der Waals surface area contributed by atoms with Crippen molar-refractivity contribution in [2.24, 2.45) is 17.8 Å². The number of carbonyl (C=O) groups is 1. The van der Waals surface area contributed by atoms with Crippen LogP contribution in [0.2, 0.25) is 0 Å². The number of nitrogens with one attached hydrogen (secondary N) is 1. The third-order valence-corrected chi connectivity index (χ3v) is 9.56. The zero-order chi connectivity index (χ0) is 24.0. The maximum absolute atomic E-state index is 13.0. The second kappa shape index (κ2) is 9.11. The Morgan fingerprint density at radius 2 is 1.69 bits per heavy atom. The van der Waals surface area contributed by atoms with E-state index in [1.54, 1.807) is 0 Å². The number of nitrogens with zero attached hydrogens (tertiary/aromatic N) is 4. The van der Waals surface area contributed by atoms with Gasteiger partial charge < -0.3 is 9.88 Å². The van der Waals surface area contributed by atoms with Gasteiger partial charge in [-0.15, -0.1) is 0 Å². The number of thioether (sulfide) groups is 1. The van der Waals surface area contributed by atoms with Crippen LogP contribution in [0.3, 0.4) is 0 Å². The Kier molecular flexibility index (Phi) is 5.93. The van der Waals surface area contributed by atoms with E-state index in [1.165, 1.54) is 50.3 Å². The molecule has 0 spiro atoms. The van der Waals surface area contributed by atoms with E-state index in [4.69, 9.17) is 0 Å². The Bertz CT molecular complexity index is 1180. The average Bonchev–Trinajstić information content (AvgIpc) is 2.87. The van der Waals surface area contributed by atoms with Crippen LogP contribution in [0, 0.1) is 29.1 Å². The summed E-state index contributed by atoms with van der Waals surface area (Å²) in [6.45, 7) is 3.47. The van der Waals surface area contributed by atoms with Crippen molar-refractivity contribution >= 4 is 17.7 Å². The standard InChI is InChI=1S/C27H31N5O2S/c28-16-22-24(21-4-2-1-3-5-21)29-26(30-25(22)34)35-17-23(33)31-6-8-32(9-7-31)27-13-18-10-19(14-27)12-20(11-18)15-27/h1-5,18-20H,6-15,17H2,(H,29,30,34). The van der Waals surface area contributed by atoms with Gasteiger partial charge in [0.15, 0.2) is 5.16 Å². The van der Waals surface area contributed by atoms with E-state index in [2.05, 4.69) is 14.9 Å². The fourth-order valence-corrected chi connectivity index (χ4v) is 8.30. The lowest BCUT2D eigenvalue weighted by molar-refractivity contribution is -0.135. The summed E-state index contributed by atoms with van der Waals surface area (Å²) in [5.74, 6) is 3.09. The molecule has 1 saturated heterocycles. The molecule has 4 saturated carbocycles. The summed E-state index contributed by atoms with van der Waals surface area (Å²) in [6, 6.07) is 11.2. The maximum atomic E-state index is 13.0. The average molecular weight is 490 g/mol. The van der Waals surface area contributed by atoms with Gasteiger partial charge in [-0.05, 0) is 56.3 Å². The number of piperazine rings is 1. The number of amides is 1. The Morgan fingerprint density at radius 3 is 2.29 bits per heavy atom. The van der Waals surface area contributed by atoms with Gasteiger partial charge in [0.25, 0.3) is 5.56 Å². The Morgan fingerprint density at radius 1 is 1.06 bits per heavy atom. The molecule has 5 fully saturated rings. The molecule has 7 rings (SSSR count). The van der Waals surface area contributed by atoms with E-state index in [1.807, 2.05) is 41.3 Å². The Labute approximate surface area is 209 Å². The number of aromatic amines is 1. The van der Waals surface area contributed by atoms with Gasteiger partial charge in [-0.1, -0.05) is 42.1 Å². The minimum absolute atomic E-state index is 0.00678. The number of H-pyrrole nitrogens is 1. The molecule has 1 amide bonds. The van der Waals surface area contributed by atoms with Crippen LogP contribution in [-0.2, 0) is 4.79 Å². The summed E-state index contributed by atoms with van der Waals surface area (Å²) in [7, 11) is 0. The van der Waals surface area contributed by atoms with Gasteiger partial charge >= 0.3 is 0 Å². The second-order valence-electron chi connectivity index (χ2n) is 10.9. The van der Waals surface area contributed by atoms with Gasteiger partial charge in [0, 0.05) is 37.3 Å². The van der Waals surface area contributed by atoms with Gasteiger partial charge in [0.2, 0.25) is 5.91 Å². The topological polar surface area (TPSA) is 93.1 Å². The molecule has 4 bridgehead atoms. The Hall–Kier alpha value is -2.63. The van der Waals surface area contributed by atoms with Gasteiger partial charge in [-0.3, -0.25) is 14.5 Å². The van der Waals surface area contributed by atoms with E-state index in [-0.39, 0.29) is 17.2 Å². The van der Waals surface area contributed by atoms with Crippen molar-refractivity contribution in [1.29, 1.82) is 5.26 Å². The first-order valence-electron chi connectivity index (χ1n) is 12.8. The Balaban J connectivity index is 1.08. The fraction of sp³-hybridized carbons (Fsp3) is 0.556. The zero-order valence-corrected chi connectivity index (χ0v) is 20.7. The van der Waals surface area contributed by atoms with Crippen LogP contribution in [0.5, 0.6) is 0 Å². The number of rotatable bonds is 5. The highest BCUT2D eigenvalue weighted by Crippen LogP contribution is 2.57. The number of nitriles is 1. The van der Waals surface area contributed by atoms with Crippen molar-refractivity contribution in [2.45, 2.75) is 49.2 Å². The first-order chi connectivity index (χ1) is 17.0. The van der Waals surface area contributed by atoms with Crippen LogP contribution in [0.15, 0.2) is 40.3 Å². The number of carbonyl (C=O) groups excluding carboxylic acids is 1. The van der Waals surface area contributed by atoms with Crippen LogP contribution in [0.4, 0.5) is 0 Å². The summed E-state index contributed by atoms with van der Waals surface area (Å²) in [4.78, 5) is 37.4. The van der Waals surface area contributed by atoms with Crippen molar-refractivity contribution in [1.82, 2.24) is 19.8 Å². The molecule has 7 nitrogen and oxygen atoms in total. The first kappa shape index (κ1) is 22.8.